The molecule has 1 saturated carbocycles. The number of hydrogen-bond acceptors (Lipinski definition) is 3. The van der Waals surface area contributed by atoms with E-state index in [1.807, 2.05) is 26.0 Å². The predicted octanol–water partition coefficient (Wildman–Crippen LogP) is 5.00. The SMILES string of the molecule is CCn1c(CCC(=O)Nc2cc(C)cc(C)c2)nnc1CCC1CCCCC1. The molecule has 0 aliphatic heterocycles. The van der Waals surface area contributed by atoms with Crippen LogP contribution in [0, 0.1) is 19.8 Å². The minimum absolute atomic E-state index is 0.0272. The first-order valence-corrected chi connectivity index (χ1v) is 10.8. The summed E-state index contributed by atoms with van der Waals surface area (Å²) in [6, 6.07) is 6.11. The highest BCUT2D eigenvalue weighted by Gasteiger charge is 2.17. The van der Waals surface area contributed by atoms with Crippen LogP contribution in [0.2, 0.25) is 0 Å². The van der Waals surface area contributed by atoms with E-state index in [1.165, 1.54) is 38.5 Å². The fourth-order valence-corrected chi connectivity index (χ4v) is 4.41. The molecule has 1 amide bonds. The normalized spacial score (nSPS) is 15.0. The summed E-state index contributed by atoms with van der Waals surface area (Å²) in [5.41, 5.74) is 3.18. The van der Waals surface area contributed by atoms with Gasteiger partial charge in [0.15, 0.2) is 0 Å². The van der Waals surface area contributed by atoms with Crippen LogP contribution < -0.4 is 5.32 Å². The summed E-state index contributed by atoms with van der Waals surface area (Å²) in [5.74, 6) is 2.89. The number of amides is 1. The lowest BCUT2D eigenvalue weighted by atomic mass is 9.86. The van der Waals surface area contributed by atoms with Crippen LogP contribution in [-0.4, -0.2) is 20.7 Å². The van der Waals surface area contributed by atoms with Gasteiger partial charge < -0.3 is 9.88 Å². The zero-order valence-corrected chi connectivity index (χ0v) is 17.6. The summed E-state index contributed by atoms with van der Waals surface area (Å²) in [4.78, 5) is 12.4. The number of carbonyl (C=O) groups is 1. The average Bonchev–Trinajstić information content (AvgIpc) is 3.06. The number of hydrogen-bond donors (Lipinski definition) is 1. The van der Waals surface area contributed by atoms with Crippen LogP contribution in [0.5, 0.6) is 0 Å². The summed E-state index contributed by atoms with van der Waals surface area (Å²) in [5, 5.41) is 11.8. The van der Waals surface area contributed by atoms with Crippen LogP contribution in [0.25, 0.3) is 0 Å². The summed E-state index contributed by atoms with van der Waals surface area (Å²) in [6.07, 6.45) is 10.2. The van der Waals surface area contributed by atoms with Gasteiger partial charge in [-0.3, -0.25) is 4.79 Å². The van der Waals surface area contributed by atoms with E-state index >= 15 is 0 Å². The molecule has 5 heteroatoms. The molecule has 1 fully saturated rings. The van der Waals surface area contributed by atoms with Gasteiger partial charge in [-0.05, 0) is 56.4 Å². The molecule has 3 rings (SSSR count). The van der Waals surface area contributed by atoms with Crippen LogP contribution in [0.1, 0.15) is 74.6 Å². The van der Waals surface area contributed by atoms with E-state index in [4.69, 9.17) is 0 Å². The highest BCUT2D eigenvalue weighted by Crippen LogP contribution is 2.27. The van der Waals surface area contributed by atoms with Crippen LogP contribution in [0.15, 0.2) is 18.2 Å². The lowest BCUT2D eigenvalue weighted by molar-refractivity contribution is -0.116. The molecule has 0 unspecified atom stereocenters. The van der Waals surface area contributed by atoms with Crippen LogP contribution in [0.4, 0.5) is 5.69 Å². The van der Waals surface area contributed by atoms with Gasteiger partial charge in [0.05, 0.1) is 0 Å². The van der Waals surface area contributed by atoms with Crippen molar-refractivity contribution in [2.45, 2.75) is 85.1 Å². The minimum Gasteiger partial charge on any atom is -0.326 e. The van der Waals surface area contributed by atoms with Crippen molar-refractivity contribution in [2.24, 2.45) is 5.92 Å². The van der Waals surface area contributed by atoms with Gasteiger partial charge in [-0.1, -0.05) is 38.2 Å². The van der Waals surface area contributed by atoms with Gasteiger partial charge >= 0.3 is 0 Å². The zero-order valence-electron chi connectivity index (χ0n) is 17.6. The molecule has 1 aliphatic carbocycles. The van der Waals surface area contributed by atoms with E-state index in [9.17, 15) is 4.79 Å². The molecule has 2 aromatic rings. The highest BCUT2D eigenvalue weighted by molar-refractivity contribution is 5.90. The maximum absolute atomic E-state index is 12.4. The first-order chi connectivity index (χ1) is 13.5. The third kappa shape index (κ3) is 5.66. The number of rotatable bonds is 8. The molecule has 0 bridgehead atoms. The Hall–Kier alpha value is -2.17. The molecule has 0 saturated heterocycles. The highest BCUT2D eigenvalue weighted by atomic mass is 16.1. The quantitative estimate of drug-likeness (QED) is 0.699. The lowest BCUT2D eigenvalue weighted by Gasteiger charge is -2.21. The molecule has 5 nitrogen and oxygen atoms in total. The standard InChI is InChI=1S/C23H34N4O/c1-4-27-21(11-10-19-8-6-5-7-9-19)25-26-22(27)12-13-23(28)24-20-15-17(2)14-18(3)16-20/h14-16,19H,4-13H2,1-3H3,(H,24,28). The molecule has 0 spiro atoms. The first kappa shape index (κ1) is 20.6. The molecule has 1 aromatic carbocycles. The molecule has 1 N–H and O–H groups in total. The maximum atomic E-state index is 12.4. The van der Waals surface area contributed by atoms with Crippen molar-refractivity contribution >= 4 is 11.6 Å². The number of aromatic nitrogens is 3. The molecule has 0 radical (unpaired) electrons. The van der Waals surface area contributed by atoms with Crippen molar-refractivity contribution in [2.75, 3.05) is 5.32 Å². The number of anilines is 1. The zero-order chi connectivity index (χ0) is 19.9. The van der Waals surface area contributed by atoms with Gasteiger partial charge in [0.1, 0.15) is 11.6 Å². The Bertz CT molecular complexity index is 770. The van der Waals surface area contributed by atoms with Gasteiger partial charge in [-0.15, -0.1) is 10.2 Å². The first-order valence-electron chi connectivity index (χ1n) is 10.8. The van der Waals surface area contributed by atoms with Crippen molar-refractivity contribution in [1.82, 2.24) is 14.8 Å². The Morgan fingerprint density at radius 3 is 2.32 bits per heavy atom. The van der Waals surface area contributed by atoms with Crippen LogP contribution >= 0.6 is 0 Å². The van der Waals surface area contributed by atoms with Gasteiger partial charge in [0.25, 0.3) is 0 Å². The van der Waals surface area contributed by atoms with Crippen LogP contribution in [0.3, 0.4) is 0 Å². The summed E-state index contributed by atoms with van der Waals surface area (Å²) >= 11 is 0. The molecule has 0 atom stereocenters. The number of aryl methyl sites for hydroxylation is 4. The van der Waals surface area contributed by atoms with Crippen molar-refractivity contribution in [3.8, 4) is 0 Å². The monoisotopic (exact) mass is 382 g/mol. The lowest BCUT2D eigenvalue weighted by Crippen LogP contribution is -2.15. The maximum Gasteiger partial charge on any atom is 0.224 e. The van der Waals surface area contributed by atoms with Crippen molar-refractivity contribution in [3.05, 3.63) is 41.0 Å². The van der Waals surface area contributed by atoms with E-state index in [1.54, 1.807) is 0 Å². The van der Waals surface area contributed by atoms with Crippen molar-refractivity contribution in [3.63, 3.8) is 0 Å². The Balaban J connectivity index is 1.53. The number of carbonyl (C=O) groups excluding carboxylic acids is 1. The Labute approximate surface area is 168 Å². The average molecular weight is 383 g/mol. The second-order valence-corrected chi connectivity index (χ2v) is 8.24. The minimum atomic E-state index is 0.0272. The topological polar surface area (TPSA) is 59.8 Å². The molecule has 1 aromatic heterocycles. The number of nitrogens with zero attached hydrogens (tertiary/aromatic N) is 3. The van der Waals surface area contributed by atoms with Gasteiger partial charge in [0.2, 0.25) is 5.91 Å². The van der Waals surface area contributed by atoms with Gasteiger partial charge in [-0.25, -0.2) is 0 Å². The summed E-state index contributed by atoms with van der Waals surface area (Å²) in [7, 11) is 0. The predicted molar refractivity (Wildman–Crippen MR) is 113 cm³/mol. The summed E-state index contributed by atoms with van der Waals surface area (Å²) in [6.45, 7) is 7.08. The second-order valence-electron chi connectivity index (χ2n) is 8.24. The molecule has 28 heavy (non-hydrogen) atoms. The number of nitrogens with one attached hydrogen (secondary N) is 1. The van der Waals surface area contributed by atoms with Gasteiger partial charge in [0, 0.05) is 31.5 Å². The second kappa shape index (κ2) is 9.85. The molecular formula is C23H34N4O. The van der Waals surface area contributed by atoms with Gasteiger partial charge in [-0.2, -0.15) is 0 Å². The van der Waals surface area contributed by atoms with E-state index < -0.39 is 0 Å². The Morgan fingerprint density at radius 2 is 1.68 bits per heavy atom. The smallest absolute Gasteiger partial charge is 0.224 e. The molecule has 152 valence electrons. The summed E-state index contributed by atoms with van der Waals surface area (Å²) < 4.78 is 2.20. The third-order valence-corrected chi connectivity index (χ3v) is 5.80. The van der Waals surface area contributed by atoms with E-state index in [0.29, 0.717) is 12.8 Å². The van der Waals surface area contributed by atoms with Crippen molar-refractivity contribution in [1.29, 1.82) is 0 Å². The fraction of sp³-hybridized carbons (Fsp3) is 0.609. The molecule has 1 heterocycles. The van der Waals surface area contributed by atoms with E-state index in [2.05, 4.69) is 33.1 Å². The number of benzene rings is 1. The largest absolute Gasteiger partial charge is 0.326 e. The van der Waals surface area contributed by atoms with Crippen LogP contribution in [-0.2, 0) is 24.2 Å². The third-order valence-electron chi connectivity index (χ3n) is 5.80. The van der Waals surface area contributed by atoms with E-state index in [-0.39, 0.29) is 5.91 Å². The molecular weight excluding hydrogens is 348 g/mol. The van der Waals surface area contributed by atoms with Crippen molar-refractivity contribution < 1.29 is 4.79 Å². The Kier molecular flexibility index (Phi) is 7.24. The fourth-order valence-electron chi connectivity index (χ4n) is 4.41. The van der Waals surface area contributed by atoms with E-state index in [0.717, 1.165) is 47.3 Å². The Morgan fingerprint density at radius 1 is 1.04 bits per heavy atom. The molecule has 1 aliphatic rings.